The first-order valence-corrected chi connectivity index (χ1v) is 11.3. The molecule has 6 nitrogen and oxygen atoms in total. The van der Waals surface area contributed by atoms with Gasteiger partial charge in [0.1, 0.15) is 0 Å². The van der Waals surface area contributed by atoms with Crippen molar-refractivity contribution < 1.29 is 32.3 Å². The van der Waals surface area contributed by atoms with Crippen LogP contribution in [-0.4, -0.2) is 28.6 Å². The summed E-state index contributed by atoms with van der Waals surface area (Å²) in [5.74, 6) is -2.61. The number of anilines is 1. The number of ether oxygens (including phenoxy) is 1. The number of halogens is 3. The number of carbonyl (C=O) groups is 2. The van der Waals surface area contributed by atoms with Crippen molar-refractivity contribution in [2.45, 2.75) is 64.3 Å². The normalized spacial score (nSPS) is 24.6. The molecule has 0 bridgehead atoms. The third kappa shape index (κ3) is 5.18. The molecule has 1 aromatic heterocycles. The van der Waals surface area contributed by atoms with Crippen LogP contribution in [0.25, 0.3) is 0 Å². The summed E-state index contributed by atoms with van der Waals surface area (Å²) in [6.45, 7) is -2.04. The predicted octanol–water partition coefficient (Wildman–Crippen LogP) is 6.11. The van der Waals surface area contributed by atoms with Gasteiger partial charge >= 0.3 is 12.6 Å². The number of benzene rings is 1. The molecule has 1 saturated carbocycles. The van der Waals surface area contributed by atoms with Crippen LogP contribution in [0, 0.1) is 5.41 Å². The van der Waals surface area contributed by atoms with E-state index in [0.29, 0.717) is 10.0 Å². The van der Waals surface area contributed by atoms with Gasteiger partial charge in [0.25, 0.3) is 0 Å². The van der Waals surface area contributed by atoms with Crippen LogP contribution in [0.5, 0.6) is 5.75 Å². The summed E-state index contributed by atoms with van der Waals surface area (Å²) >= 11 is 3.14. The summed E-state index contributed by atoms with van der Waals surface area (Å²) in [5, 5.41) is 12.5. The molecule has 1 aliphatic carbocycles. The Morgan fingerprint density at radius 1 is 1.24 bits per heavy atom. The third-order valence-electron chi connectivity index (χ3n) is 6.17. The van der Waals surface area contributed by atoms with Crippen LogP contribution < -0.4 is 10.1 Å². The summed E-state index contributed by atoms with van der Waals surface area (Å²) in [6.07, 6.45) is 0.622. The van der Waals surface area contributed by atoms with Crippen LogP contribution in [0.3, 0.4) is 0 Å². The molecule has 178 valence electrons. The Balaban J connectivity index is 2.10. The summed E-state index contributed by atoms with van der Waals surface area (Å²) in [4.78, 5) is 30.1. The highest BCUT2D eigenvalue weighted by atomic mass is 79.9. The van der Waals surface area contributed by atoms with Crippen molar-refractivity contribution in [2.75, 3.05) is 5.32 Å². The first kappa shape index (κ1) is 21.0. The zero-order valence-electron chi connectivity index (χ0n) is 21.2. The van der Waals surface area contributed by atoms with Gasteiger partial charge in [-0.15, -0.1) is 0 Å². The number of rotatable bonds is 7. The topological polar surface area (TPSA) is 88.5 Å². The summed E-state index contributed by atoms with van der Waals surface area (Å²) in [6, 6.07) is 8.45. The van der Waals surface area contributed by atoms with Crippen molar-refractivity contribution in [3.8, 4) is 5.75 Å². The van der Waals surface area contributed by atoms with E-state index in [1.54, 1.807) is 12.1 Å². The van der Waals surface area contributed by atoms with E-state index >= 15 is 0 Å². The smallest absolute Gasteiger partial charge is 0.387 e. The average Bonchev–Trinajstić information content (AvgIpc) is 2.79. The standard InChI is InChI=1S/C24H27BrF2N2O4/c1-14(2)16-6-4-5-7-17(16)24(10-8-23(3,9-11-24)21(31)32)20(30)29-19-18(33-22(26)27)12-15(25)13-28-19/h4-7,12-14,22H,8-11H2,1-3H3,(H,31,32)(H,28,29,30)/i3D3. The van der Waals surface area contributed by atoms with E-state index in [0.717, 1.165) is 5.56 Å². The fraction of sp³-hybridized carbons (Fsp3) is 0.458. The highest BCUT2D eigenvalue weighted by molar-refractivity contribution is 9.10. The number of hydrogen-bond acceptors (Lipinski definition) is 4. The molecule has 0 saturated heterocycles. The number of aliphatic carboxylic acids is 1. The van der Waals surface area contributed by atoms with E-state index in [1.165, 1.54) is 12.3 Å². The number of carboxylic acids is 1. The molecule has 2 aromatic rings. The van der Waals surface area contributed by atoms with E-state index in [4.69, 9.17) is 4.11 Å². The second-order valence-electron chi connectivity index (χ2n) is 8.54. The molecule has 1 heterocycles. The highest BCUT2D eigenvalue weighted by Crippen LogP contribution is 2.49. The van der Waals surface area contributed by atoms with Crippen LogP contribution >= 0.6 is 15.9 Å². The maximum atomic E-state index is 13.9. The van der Waals surface area contributed by atoms with E-state index in [2.05, 4.69) is 31.0 Å². The largest absolute Gasteiger partial charge is 0.481 e. The molecular formula is C24H27BrF2N2O4. The van der Waals surface area contributed by atoms with Gasteiger partial charge in [0.05, 0.1) is 10.8 Å². The molecule has 0 atom stereocenters. The zero-order chi connectivity index (χ0) is 26.9. The quantitative estimate of drug-likeness (QED) is 0.453. The molecular weight excluding hydrogens is 498 g/mol. The minimum atomic E-state index is -3.16. The molecule has 3 rings (SSSR count). The Morgan fingerprint density at radius 3 is 2.48 bits per heavy atom. The van der Waals surface area contributed by atoms with Crippen LogP contribution in [-0.2, 0) is 15.0 Å². The Hall–Kier alpha value is -2.55. The lowest BCUT2D eigenvalue weighted by Gasteiger charge is -2.43. The second kappa shape index (κ2) is 9.75. The Kier molecular flexibility index (Phi) is 6.21. The van der Waals surface area contributed by atoms with Gasteiger partial charge in [0, 0.05) is 20.8 Å². The predicted molar refractivity (Wildman–Crippen MR) is 124 cm³/mol. The van der Waals surface area contributed by atoms with Crippen LogP contribution in [0.4, 0.5) is 14.6 Å². The number of pyridine rings is 1. The Morgan fingerprint density at radius 2 is 1.91 bits per heavy atom. The Bertz CT molecular complexity index is 1140. The number of nitrogens with zero attached hydrogens (tertiary/aromatic N) is 1. The number of hydrogen-bond donors (Lipinski definition) is 2. The van der Waals surface area contributed by atoms with Gasteiger partial charge in [-0.25, -0.2) is 4.98 Å². The molecule has 1 aliphatic rings. The lowest BCUT2D eigenvalue weighted by molar-refractivity contribution is -0.151. The van der Waals surface area contributed by atoms with E-state index in [-0.39, 0.29) is 43.2 Å². The molecule has 1 fully saturated rings. The van der Waals surface area contributed by atoms with E-state index < -0.39 is 36.2 Å². The van der Waals surface area contributed by atoms with Crippen molar-refractivity contribution in [2.24, 2.45) is 5.41 Å². The van der Waals surface area contributed by atoms with Crippen LogP contribution in [0.15, 0.2) is 41.0 Å². The molecule has 0 aliphatic heterocycles. The molecule has 2 N–H and O–H groups in total. The first-order valence-electron chi connectivity index (χ1n) is 12.0. The molecule has 0 radical (unpaired) electrons. The highest BCUT2D eigenvalue weighted by Gasteiger charge is 2.50. The SMILES string of the molecule is [2H]C([2H])([2H])C1(C(=O)O)CCC(C(=O)Nc2ncc(Br)cc2OC(F)F)(c2ccccc2C(C)C)CC1. The molecule has 1 amide bonds. The molecule has 9 heteroatoms. The van der Waals surface area contributed by atoms with Crippen molar-refractivity contribution in [3.63, 3.8) is 0 Å². The number of aromatic nitrogens is 1. The number of carbonyl (C=O) groups excluding carboxylic acids is 1. The van der Waals surface area contributed by atoms with Gasteiger partial charge in [0.2, 0.25) is 5.91 Å². The zero-order valence-corrected chi connectivity index (χ0v) is 19.8. The van der Waals surface area contributed by atoms with Gasteiger partial charge in [-0.1, -0.05) is 38.1 Å². The molecule has 33 heavy (non-hydrogen) atoms. The minimum absolute atomic E-state index is 0.00295. The lowest BCUT2D eigenvalue weighted by Crippen LogP contribution is -2.47. The summed E-state index contributed by atoms with van der Waals surface area (Å²) in [5.41, 5.74) is -1.83. The van der Waals surface area contributed by atoms with Crippen molar-refractivity contribution in [1.29, 1.82) is 0 Å². The first-order chi connectivity index (χ1) is 16.7. The fourth-order valence-electron chi connectivity index (χ4n) is 4.30. The van der Waals surface area contributed by atoms with Crippen molar-refractivity contribution in [1.82, 2.24) is 4.98 Å². The van der Waals surface area contributed by atoms with Gasteiger partial charge in [-0.3, -0.25) is 9.59 Å². The van der Waals surface area contributed by atoms with E-state index in [9.17, 15) is 23.5 Å². The van der Waals surface area contributed by atoms with Crippen molar-refractivity contribution >= 4 is 33.6 Å². The molecule has 0 unspecified atom stereocenters. The van der Waals surface area contributed by atoms with Crippen molar-refractivity contribution in [3.05, 3.63) is 52.1 Å². The van der Waals surface area contributed by atoms with Gasteiger partial charge < -0.3 is 15.2 Å². The Labute approximate surface area is 204 Å². The summed E-state index contributed by atoms with van der Waals surface area (Å²) in [7, 11) is 0. The lowest BCUT2D eigenvalue weighted by atomic mass is 9.60. The van der Waals surface area contributed by atoms with Crippen LogP contribution in [0.2, 0.25) is 0 Å². The average molecular weight is 528 g/mol. The minimum Gasteiger partial charge on any atom is -0.481 e. The number of amides is 1. The fourth-order valence-corrected chi connectivity index (χ4v) is 4.61. The molecule has 0 spiro atoms. The molecule has 1 aromatic carbocycles. The van der Waals surface area contributed by atoms with Crippen LogP contribution in [0.1, 0.15) is 67.5 Å². The van der Waals surface area contributed by atoms with Gasteiger partial charge in [-0.05, 0) is 65.5 Å². The second-order valence-corrected chi connectivity index (χ2v) is 9.46. The van der Waals surface area contributed by atoms with E-state index in [1.807, 2.05) is 26.0 Å². The van der Waals surface area contributed by atoms with Gasteiger partial charge in [-0.2, -0.15) is 8.78 Å². The maximum Gasteiger partial charge on any atom is 0.387 e. The van der Waals surface area contributed by atoms with Gasteiger partial charge in [0.15, 0.2) is 11.6 Å². The number of carboxylic acid groups (broad SMARTS) is 1. The summed E-state index contributed by atoms with van der Waals surface area (Å²) < 4.78 is 54.6. The monoisotopic (exact) mass is 527 g/mol. The number of nitrogens with one attached hydrogen (secondary N) is 1. The number of alkyl halides is 2. The maximum absolute atomic E-state index is 13.9. The third-order valence-corrected chi connectivity index (χ3v) is 6.60.